The van der Waals surface area contributed by atoms with Gasteiger partial charge in [-0.15, -0.1) is 11.3 Å². The van der Waals surface area contributed by atoms with Crippen LogP contribution in [-0.2, 0) is 16.0 Å². The number of hydrogen-bond donors (Lipinski definition) is 1. The summed E-state index contributed by atoms with van der Waals surface area (Å²) in [6, 6.07) is 16.6. The average Bonchev–Trinajstić information content (AvgIpc) is 3.09. The Labute approximate surface area is 157 Å². The second-order valence-corrected chi connectivity index (χ2v) is 7.81. The fraction of sp³-hybridized carbons (Fsp3) is 0.333. The third-order valence-electron chi connectivity index (χ3n) is 4.78. The first-order chi connectivity index (χ1) is 12.8. The highest BCUT2D eigenvalue weighted by atomic mass is 32.1. The van der Waals surface area contributed by atoms with Gasteiger partial charge < -0.3 is 10.1 Å². The summed E-state index contributed by atoms with van der Waals surface area (Å²) >= 11 is 1.60. The minimum Gasteiger partial charge on any atom is -0.381 e. The summed E-state index contributed by atoms with van der Waals surface area (Å²) in [4.78, 5) is 16.9. The van der Waals surface area contributed by atoms with Gasteiger partial charge in [0.05, 0.1) is 16.6 Å². The van der Waals surface area contributed by atoms with E-state index in [0.29, 0.717) is 12.3 Å². The molecule has 1 N–H and O–H groups in total. The van der Waals surface area contributed by atoms with Crippen molar-refractivity contribution < 1.29 is 9.53 Å². The number of carbonyl (C=O) groups excluding carboxylic acids is 1. The number of hydrogen-bond acceptors (Lipinski definition) is 4. The molecule has 5 heteroatoms. The van der Waals surface area contributed by atoms with Gasteiger partial charge >= 0.3 is 0 Å². The normalized spacial score (nSPS) is 15.2. The summed E-state index contributed by atoms with van der Waals surface area (Å²) in [5, 5.41) is 3.92. The number of ether oxygens (including phenoxy) is 1. The molecule has 1 aliphatic heterocycles. The van der Waals surface area contributed by atoms with E-state index in [4.69, 9.17) is 4.74 Å². The molecule has 1 amide bonds. The second kappa shape index (κ2) is 7.98. The van der Waals surface area contributed by atoms with Crippen molar-refractivity contribution in [3.63, 3.8) is 0 Å². The van der Waals surface area contributed by atoms with E-state index in [9.17, 15) is 4.79 Å². The highest BCUT2D eigenvalue weighted by Crippen LogP contribution is 2.28. The van der Waals surface area contributed by atoms with Crippen LogP contribution in [-0.4, -0.2) is 30.6 Å². The molecule has 1 fully saturated rings. The molecule has 1 aliphatic rings. The van der Waals surface area contributed by atoms with Crippen LogP contribution < -0.4 is 5.32 Å². The number of nitrogens with zero attached hydrogens (tertiary/aromatic N) is 1. The Morgan fingerprint density at radius 1 is 1.12 bits per heavy atom. The quantitative estimate of drug-likeness (QED) is 0.741. The van der Waals surface area contributed by atoms with Gasteiger partial charge in [-0.3, -0.25) is 4.79 Å². The predicted octanol–water partition coefficient (Wildman–Crippen LogP) is 4.05. The first-order valence-electron chi connectivity index (χ1n) is 9.07. The zero-order valence-electron chi connectivity index (χ0n) is 14.6. The topological polar surface area (TPSA) is 51.2 Å². The molecule has 0 aliphatic carbocycles. The van der Waals surface area contributed by atoms with Crippen LogP contribution in [0.1, 0.15) is 17.8 Å². The van der Waals surface area contributed by atoms with Gasteiger partial charge in [-0.2, -0.15) is 0 Å². The first-order valence-corrected chi connectivity index (χ1v) is 9.89. The lowest BCUT2D eigenvalue weighted by atomic mass is 10.0. The van der Waals surface area contributed by atoms with Gasteiger partial charge in [0, 0.05) is 19.8 Å². The fourth-order valence-electron chi connectivity index (χ4n) is 3.27. The monoisotopic (exact) mass is 366 g/mol. The maximum Gasteiger partial charge on any atom is 0.226 e. The zero-order chi connectivity index (χ0) is 17.8. The number of amides is 1. The third kappa shape index (κ3) is 4.11. The van der Waals surface area contributed by atoms with E-state index in [1.165, 1.54) is 11.1 Å². The molecule has 2 heterocycles. The van der Waals surface area contributed by atoms with Crippen molar-refractivity contribution in [1.29, 1.82) is 0 Å². The first kappa shape index (κ1) is 17.2. The highest BCUT2D eigenvalue weighted by Gasteiger charge is 2.15. The van der Waals surface area contributed by atoms with Gasteiger partial charge in [-0.25, -0.2) is 4.98 Å². The van der Waals surface area contributed by atoms with Crippen LogP contribution in [0.15, 0.2) is 48.5 Å². The summed E-state index contributed by atoms with van der Waals surface area (Å²) in [6.45, 7) is 2.36. The smallest absolute Gasteiger partial charge is 0.226 e. The fourth-order valence-corrected chi connectivity index (χ4v) is 4.27. The Kier molecular flexibility index (Phi) is 5.27. The zero-order valence-corrected chi connectivity index (χ0v) is 15.4. The van der Waals surface area contributed by atoms with Crippen LogP contribution in [0.2, 0.25) is 0 Å². The van der Waals surface area contributed by atoms with Crippen molar-refractivity contribution >= 4 is 27.5 Å². The van der Waals surface area contributed by atoms with E-state index in [0.717, 1.165) is 47.8 Å². The van der Waals surface area contributed by atoms with Crippen molar-refractivity contribution in [2.75, 3.05) is 19.8 Å². The maximum absolute atomic E-state index is 12.2. The van der Waals surface area contributed by atoms with Crippen LogP contribution >= 0.6 is 11.3 Å². The minimum atomic E-state index is 0.0545. The summed E-state index contributed by atoms with van der Waals surface area (Å²) in [5.74, 6) is 0.593. The van der Waals surface area contributed by atoms with E-state index in [1.54, 1.807) is 11.3 Å². The van der Waals surface area contributed by atoms with Gasteiger partial charge in [-0.05, 0) is 42.0 Å². The SMILES string of the molecule is O=C(Cc1nc2ccc(-c3ccccc3)cc2s1)NCC1CCOCC1. The molecule has 0 spiro atoms. The molecule has 3 aromatic rings. The second-order valence-electron chi connectivity index (χ2n) is 6.69. The summed E-state index contributed by atoms with van der Waals surface area (Å²) in [6.07, 6.45) is 2.41. The Bertz CT molecular complexity index is 885. The van der Waals surface area contributed by atoms with Gasteiger partial charge in [-0.1, -0.05) is 36.4 Å². The van der Waals surface area contributed by atoms with Crippen molar-refractivity contribution in [2.24, 2.45) is 5.92 Å². The molecule has 1 aromatic heterocycles. The van der Waals surface area contributed by atoms with Crippen LogP contribution in [0.5, 0.6) is 0 Å². The average molecular weight is 366 g/mol. The van der Waals surface area contributed by atoms with Crippen LogP contribution in [0.4, 0.5) is 0 Å². The number of aromatic nitrogens is 1. The molecule has 26 heavy (non-hydrogen) atoms. The maximum atomic E-state index is 12.2. The molecular weight excluding hydrogens is 344 g/mol. The number of thiazole rings is 1. The molecule has 2 aromatic carbocycles. The lowest BCUT2D eigenvalue weighted by Gasteiger charge is -2.22. The lowest BCUT2D eigenvalue weighted by Crippen LogP contribution is -2.33. The molecule has 4 nitrogen and oxygen atoms in total. The van der Waals surface area contributed by atoms with Crippen LogP contribution in [0, 0.1) is 5.92 Å². The number of carbonyl (C=O) groups is 1. The summed E-state index contributed by atoms with van der Waals surface area (Å²) in [5.41, 5.74) is 3.33. The Morgan fingerprint density at radius 2 is 1.92 bits per heavy atom. The van der Waals surface area contributed by atoms with E-state index >= 15 is 0 Å². The Balaban J connectivity index is 1.41. The van der Waals surface area contributed by atoms with E-state index < -0.39 is 0 Å². The molecule has 0 unspecified atom stereocenters. The summed E-state index contributed by atoms with van der Waals surface area (Å²) < 4.78 is 6.48. The third-order valence-corrected chi connectivity index (χ3v) is 5.80. The summed E-state index contributed by atoms with van der Waals surface area (Å²) in [7, 11) is 0. The molecule has 0 radical (unpaired) electrons. The van der Waals surface area contributed by atoms with Gasteiger partial charge in [0.15, 0.2) is 0 Å². The van der Waals surface area contributed by atoms with Gasteiger partial charge in [0.2, 0.25) is 5.91 Å². The Hall–Kier alpha value is -2.24. The van der Waals surface area contributed by atoms with Crippen molar-refractivity contribution in [3.05, 3.63) is 53.5 Å². The number of benzene rings is 2. The molecule has 0 bridgehead atoms. The standard InChI is InChI=1S/C21H22N2O2S/c24-20(22-14-15-8-10-25-11-9-15)13-21-23-18-7-6-17(12-19(18)26-21)16-4-2-1-3-5-16/h1-7,12,15H,8-11,13-14H2,(H,22,24). The minimum absolute atomic E-state index is 0.0545. The molecule has 134 valence electrons. The largest absolute Gasteiger partial charge is 0.381 e. The lowest BCUT2D eigenvalue weighted by molar-refractivity contribution is -0.120. The van der Waals surface area contributed by atoms with E-state index in [1.807, 2.05) is 24.3 Å². The number of rotatable bonds is 5. The van der Waals surface area contributed by atoms with E-state index in [2.05, 4.69) is 34.6 Å². The predicted molar refractivity (Wildman–Crippen MR) is 105 cm³/mol. The van der Waals surface area contributed by atoms with Crippen molar-refractivity contribution in [3.8, 4) is 11.1 Å². The van der Waals surface area contributed by atoms with Crippen LogP contribution in [0.3, 0.4) is 0 Å². The number of nitrogens with one attached hydrogen (secondary N) is 1. The van der Waals surface area contributed by atoms with Crippen molar-refractivity contribution in [1.82, 2.24) is 10.3 Å². The number of fused-ring (bicyclic) bond motifs is 1. The molecule has 1 saturated heterocycles. The molecular formula is C21H22N2O2S. The van der Waals surface area contributed by atoms with Gasteiger partial charge in [0.1, 0.15) is 5.01 Å². The molecule has 4 rings (SSSR count). The molecule has 0 saturated carbocycles. The highest BCUT2D eigenvalue weighted by molar-refractivity contribution is 7.18. The molecule has 0 atom stereocenters. The Morgan fingerprint density at radius 3 is 2.73 bits per heavy atom. The van der Waals surface area contributed by atoms with Crippen LogP contribution in [0.25, 0.3) is 21.3 Å². The van der Waals surface area contributed by atoms with E-state index in [-0.39, 0.29) is 5.91 Å². The van der Waals surface area contributed by atoms with Crippen molar-refractivity contribution in [2.45, 2.75) is 19.3 Å². The van der Waals surface area contributed by atoms with Gasteiger partial charge in [0.25, 0.3) is 0 Å².